The average Bonchev–Trinajstić information content (AvgIpc) is 3.32. The maximum atomic E-state index is 12.2. The minimum Gasteiger partial charge on any atom is -0.388 e. The van der Waals surface area contributed by atoms with Gasteiger partial charge in [0, 0.05) is 32.7 Å². The summed E-state index contributed by atoms with van der Waals surface area (Å²) >= 11 is 3.30. The lowest BCUT2D eigenvalue weighted by atomic mass is 9.84. The Morgan fingerprint density at radius 1 is 1.38 bits per heavy atom. The van der Waals surface area contributed by atoms with Crippen molar-refractivity contribution >= 4 is 34.7 Å². The van der Waals surface area contributed by atoms with Crippen molar-refractivity contribution in [3.8, 4) is 0 Å². The first kappa shape index (κ1) is 17.4. The number of hydrogen-bond acceptors (Lipinski definition) is 4. The molecule has 5 heteroatoms. The van der Waals surface area contributed by atoms with Crippen molar-refractivity contribution in [2.24, 2.45) is 0 Å². The molecule has 2 N–H and O–H groups in total. The molecule has 0 spiro atoms. The van der Waals surface area contributed by atoms with Gasteiger partial charge in [0.15, 0.2) is 0 Å². The van der Waals surface area contributed by atoms with Crippen molar-refractivity contribution in [3.05, 3.63) is 50.4 Å². The first-order valence-corrected chi connectivity index (χ1v) is 10.1. The summed E-state index contributed by atoms with van der Waals surface area (Å²) in [6.07, 6.45) is 7.64. The molecule has 0 bridgehead atoms. The molecule has 1 amide bonds. The fourth-order valence-electron chi connectivity index (χ4n) is 3.28. The number of nitrogens with one attached hydrogen (secondary N) is 1. The molecule has 0 aliphatic heterocycles. The van der Waals surface area contributed by atoms with E-state index in [1.54, 1.807) is 35.7 Å². The molecule has 2 aromatic heterocycles. The number of amides is 1. The Bertz CT molecular complexity index is 695. The Morgan fingerprint density at radius 2 is 2.17 bits per heavy atom. The van der Waals surface area contributed by atoms with Crippen LogP contribution in [0, 0.1) is 0 Å². The first-order valence-electron chi connectivity index (χ1n) is 8.37. The molecule has 2 aromatic rings. The van der Waals surface area contributed by atoms with Gasteiger partial charge < -0.3 is 10.4 Å². The van der Waals surface area contributed by atoms with Crippen molar-refractivity contribution < 1.29 is 9.90 Å². The summed E-state index contributed by atoms with van der Waals surface area (Å²) in [5, 5.41) is 14.9. The summed E-state index contributed by atoms with van der Waals surface area (Å²) in [4.78, 5) is 15.5. The van der Waals surface area contributed by atoms with E-state index in [4.69, 9.17) is 0 Å². The number of aliphatic hydroxyl groups excluding tert-OH is 1. The van der Waals surface area contributed by atoms with E-state index in [0.717, 1.165) is 22.6 Å². The molecule has 1 atom stereocenters. The number of carbonyl (C=O) groups excluding carboxylic acids is 1. The van der Waals surface area contributed by atoms with Crippen molar-refractivity contribution in [3.63, 3.8) is 0 Å². The van der Waals surface area contributed by atoms with Gasteiger partial charge in [-0.05, 0) is 49.4 Å². The highest BCUT2D eigenvalue weighted by Crippen LogP contribution is 2.44. The lowest BCUT2D eigenvalue weighted by molar-refractivity contribution is -0.116. The lowest BCUT2D eigenvalue weighted by Crippen LogP contribution is -2.37. The quantitative estimate of drug-likeness (QED) is 0.744. The second-order valence-electron chi connectivity index (χ2n) is 6.43. The van der Waals surface area contributed by atoms with Gasteiger partial charge in [0.2, 0.25) is 5.91 Å². The summed E-state index contributed by atoms with van der Waals surface area (Å²) in [5.74, 6) is -0.0398. The van der Waals surface area contributed by atoms with E-state index < -0.39 is 6.10 Å². The predicted octanol–water partition coefficient (Wildman–Crippen LogP) is 4.50. The van der Waals surface area contributed by atoms with Crippen LogP contribution in [0.1, 0.15) is 53.3 Å². The fraction of sp³-hybridized carbons (Fsp3) is 0.421. The summed E-state index contributed by atoms with van der Waals surface area (Å²) in [6, 6.07) is 8.12. The SMILES string of the molecule is C[C@@H](O)c1ccc(C2(CNC(=O)/C=C/c3cccs3)CCCC2)s1. The minimum atomic E-state index is -0.425. The third-order valence-electron chi connectivity index (χ3n) is 4.67. The van der Waals surface area contributed by atoms with E-state index in [-0.39, 0.29) is 11.3 Å². The van der Waals surface area contributed by atoms with Gasteiger partial charge in [0.05, 0.1) is 6.10 Å². The summed E-state index contributed by atoms with van der Waals surface area (Å²) in [7, 11) is 0. The van der Waals surface area contributed by atoms with Gasteiger partial charge in [-0.15, -0.1) is 22.7 Å². The Morgan fingerprint density at radius 3 is 2.79 bits per heavy atom. The molecule has 24 heavy (non-hydrogen) atoms. The van der Waals surface area contributed by atoms with Gasteiger partial charge in [-0.25, -0.2) is 0 Å². The summed E-state index contributed by atoms with van der Waals surface area (Å²) in [5.41, 5.74) is 0.0320. The molecule has 0 saturated heterocycles. The van der Waals surface area contributed by atoms with Crippen molar-refractivity contribution in [2.45, 2.75) is 44.1 Å². The standard InChI is InChI=1S/C19H23NO2S2/c1-14(21)16-7-8-17(24-16)19(10-2-3-11-19)13-20-18(22)9-6-15-5-4-12-23-15/h4-9,12,14,21H,2-3,10-11,13H2,1H3,(H,20,22)/b9-6+/t14-/m1/s1. The molecule has 1 fully saturated rings. The number of thiophene rings is 2. The van der Waals surface area contributed by atoms with Crippen LogP contribution >= 0.6 is 22.7 Å². The Hall–Kier alpha value is -1.43. The Labute approximate surface area is 151 Å². The number of rotatable bonds is 6. The van der Waals surface area contributed by atoms with Gasteiger partial charge in [-0.3, -0.25) is 4.79 Å². The Balaban J connectivity index is 1.66. The normalized spacial score (nSPS) is 18.1. The van der Waals surface area contributed by atoms with Gasteiger partial charge in [-0.1, -0.05) is 18.9 Å². The Kier molecular flexibility index (Phi) is 5.54. The van der Waals surface area contributed by atoms with Crippen LogP contribution in [0.25, 0.3) is 6.08 Å². The van der Waals surface area contributed by atoms with Gasteiger partial charge >= 0.3 is 0 Å². The molecule has 0 unspecified atom stereocenters. The van der Waals surface area contributed by atoms with Crippen LogP contribution in [0.15, 0.2) is 35.7 Å². The summed E-state index contributed by atoms with van der Waals surface area (Å²) in [6.45, 7) is 2.47. The highest BCUT2D eigenvalue weighted by Gasteiger charge is 2.37. The van der Waals surface area contributed by atoms with Gasteiger partial charge in [0.25, 0.3) is 0 Å². The molecule has 0 radical (unpaired) electrons. The van der Waals surface area contributed by atoms with Crippen LogP contribution in [-0.4, -0.2) is 17.6 Å². The molecule has 128 valence electrons. The highest BCUT2D eigenvalue weighted by atomic mass is 32.1. The fourth-order valence-corrected chi connectivity index (χ4v) is 5.09. The molecule has 1 aliphatic carbocycles. The molecule has 3 rings (SSSR count). The van der Waals surface area contributed by atoms with Crippen molar-refractivity contribution in [1.82, 2.24) is 5.32 Å². The second-order valence-corrected chi connectivity index (χ2v) is 8.53. The van der Waals surface area contributed by atoms with E-state index in [1.165, 1.54) is 17.7 Å². The molecule has 1 saturated carbocycles. The molecular weight excluding hydrogens is 338 g/mol. The minimum absolute atomic E-state index is 0.0320. The maximum absolute atomic E-state index is 12.2. The van der Waals surface area contributed by atoms with Gasteiger partial charge in [-0.2, -0.15) is 0 Å². The van der Waals surface area contributed by atoms with Gasteiger partial charge in [0.1, 0.15) is 0 Å². The average molecular weight is 362 g/mol. The number of aliphatic hydroxyl groups is 1. The highest BCUT2D eigenvalue weighted by molar-refractivity contribution is 7.12. The summed E-state index contributed by atoms with van der Waals surface area (Å²) < 4.78 is 0. The van der Waals surface area contributed by atoms with Crippen molar-refractivity contribution in [1.29, 1.82) is 0 Å². The third kappa shape index (κ3) is 3.97. The van der Waals surface area contributed by atoms with Crippen LogP contribution in [0.3, 0.4) is 0 Å². The van der Waals surface area contributed by atoms with E-state index in [9.17, 15) is 9.90 Å². The lowest BCUT2D eigenvalue weighted by Gasteiger charge is -2.28. The van der Waals surface area contributed by atoms with Crippen LogP contribution in [0.5, 0.6) is 0 Å². The molecular formula is C19H23NO2S2. The zero-order valence-electron chi connectivity index (χ0n) is 13.8. The smallest absolute Gasteiger partial charge is 0.244 e. The molecule has 1 aliphatic rings. The first-order chi connectivity index (χ1) is 11.6. The second kappa shape index (κ2) is 7.64. The third-order valence-corrected chi connectivity index (χ3v) is 7.00. The molecule has 0 aromatic carbocycles. The monoisotopic (exact) mass is 361 g/mol. The zero-order valence-corrected chi connectivity index (χ0v) is 15.5. The van der Waals surface area contributed by atoms with Crippen LogP contribution in [0.2, 0.25) is 0 Å². The van der Waals surface area contributed by atoms with E-state index in [0.29, 0.717) is 6.54 Å². The van der Waals surface area contributed by atoms with E-state index in [2.05, 4.69) is 11.4 Å². The van der Waals surface area contributed by atoms with Crippen LogP contribution in [0.4, 0.5) is 0 Å². The van der Waals surface area contributed by atoms with E-state index in [1.807, 2.05) is 29.7 Å². The van der Waals surface area contributed by atoms with Crippen LogP contribution < -0.4 is 5.32 Å². The molecule has 2 heterocycles. The van der Waals surface area contributed by atoms with Crippen LogP contribution in [-0.2, 0) is 10.2 Å². The maximum Gasteiger partial charge on any atom is 0.244 e. The zero-order chi connectivity index (χ0) is 17.0. The molecule has 3 nitrogen and oxygen atoms in total. The largest absolute Gasteiger partial charge is 0.388 e. The predicted molar refractivity (Wildman–Crippen MR) is 101 cm³/mol. The topological polar surface area (TPSA) is 49.3 Å². The number of hydrogen-bond donors (Lipinski definition) is 2. The van der Waals surface area contributed by atoms with Crippen molar-refractivity contribution in [2.75, 3.05) is 6.54 Å². The number of carbonyl (C=O) groups is 1. The van der Waals surface area contributed by atoms with E-state index >= 15 is 0 Å².